The summed E-state index contributed by atoms with van der Waals surface area (Å²) in [5, 5.41) is 30.4. The molecule has 4 atom stereocenters. The molecule has 0 saturated carbocycles. The molecule has 264 valence electrons. The predicted molar refractivity (Wildman–Crippen MR) is 202 cm³/mol. The number of aliphatic hydroxyl groups is 2. The van der Waals surface area contributed by atoms with E-state index in [2.05, 4.69) is 79.9 Å². The second-order valence-electron chi connectivity index (χ2n) is 13.3. The van der Waals surface area contributed by atoms with Crippen molar-refractivity contribution < 1.29 is 38.7 Å². The number of hydrogen-bond acceptors (Lipinski definition) is 8. The van der Waals surface area contributed by atoms with Crippen molar-refractivity contribution >= 4 is 61.1 Å². The minimum Gasteiger partial charge on any atom is -0.460 e. The number of carbonyl (C=O) groups excluding carboxylic acids is 2. The summed E-state index contributed by atoms with van der Waals surface area (Å²) in [5.74, 6) is -0.938. The van der Waals surface area contributed by atoms with Crippen LogP contribution in [-0.2, 0) is 28.5 Å². The maximum atomic E-state index is 12.0. The minimum atomic E-state index is -1.09. The smallest absolute Gasteiger partial charge is 0.333 e. The average Bonchev–Trinajstić information content (AvgIpc) is 3.14. The minimum absolute atomic E-state index is 0.0563. The molecule has 5 aromatic carbocycles. The van der Waals surface area contributed by atoms with Gasteiger partial charge < -0.3 is 29.2 Å². The van der Waals surface area contributed by atoms with E-state index in [0.717, 1.165) is 50.7 Å². The molecule has 1 aliphatic rings. The largest absolute Gasteiger partial charge is 0.460 e. The summed E-state index contributed by atoms with van der Waals surface area (Å²) in [6.45, 7) is 10.4. The van der Waals surface area contributed by atoms with Gasteiger partial charge in [0.25, 0.3) is 0 Å². The van der Waals surface area contributed by atoms with Crippen molar-refractivity contribution in [1.82, 2.24) is 0 Å². The number of benzene rings is 5. The van der Waals surface area contributed by atoms with Crippen molar-refractivity contribution in [1.29, 1.82) is 0 Å². The van der Waals surface area contributed by atoms with E-state index < -0.39 is 30.3 Å². The van der Waals surface area contributed by atoms with Crippen molar-refractivity contribution in [2.45, 2.75) is 50.9 Å². The molecule has 6 rings (SSSR count). The van der Waals surface area contributed by atoms with Gasteiger partial charge in [0.1, 0.15) is 31.5 Å². The van der Waals surface area contributed by atoms with Gasteiger partial charge in [0.15, 0.2) is 0 Å². The third-order valence-electron chi connectivity index (χ3n) is 9.55. The monoisotopic (exact) mass is 688 g/mol. The van der Waals surface area contributed by atoms with Crippen LogP contribution in [0.15, 0.2) is 97.1 Å². The lowest BCUT2D eigenvalue weighted by atomic mass is 9.77. The van der Waals surface area contributed by atoms with Crippen LogP contribution < -0.4 is 0 Å². The molecular weight excluding hydrogens is 644 g/mol. The van der Waals surface area contributed by atoms with E-state index in [1.54, 1.807) is 13.8 Å². The highest BCUT2D eigenvalue weighted by molar-refractivity contribution is 6.33. The van der Waals surface area contributed by atoms with Gasteiger partial charge >= 0.3 is 11.9 Å². The molecule has 2 N–H and O–H groups in total. The Kier molecular flexibility index (Phi) is 11.0. The zero-order valence-corrected chi connectivity index (χ0v) is 29.3. The number of hydrogen-bond donors (Lipinski definition) is 2. The highest BCUT2D eigenvalue weighted by Gasteiger charge is 2.27. The van der Waals surface area contributed by atoms with Gasteiger partial charge in [0, 0.05) is 24.9 Å². The molecule has 51 heavy (non-hydrogen) atoms. The van der Waals surface area contributed by atoms with E-state index in [9.17, 15) is 19.8 Å². The van der Waals surface area contributed by atoms with Gasteiger partial charge in [0.2, 0.25) is 0 Å². The molecule has 1 aliphatic carbocycles. The Hall–Kier alpha value is -4.86. The molecule has 0 aromatic heterocycles. The Morgan fingerprint density at radius 3 is 2.06 bits per heavy atom. The third kappa shape index (κ3) is 7.32. The number of rotatable bonds is 14. The number of ether oxygens (including phenoxy) is 4. The van der Waals surface area contributed by atoms with Crippen molar-refractivity contribution in [3.8, 4) is 0 Å². The summed E-state index contributed by atoms with van der Waals surface area (Å²) >= 11 is 0. The number of fused-ring (bicyclic) bond motifs is 11. The van der Waals surface area contributed by atoms with E-state index in [1.807, 2.05) is 12.1 Å². The molecule has 8 heteroatoms. The van der Waals surface area contributed by atoms with Crippen LogP contribution in [0, 0.1) is 0 Å². The normalized spacial score (nSPS) is 15.8. The van der Waals surface area contributed by atoms with E-state index >= 15 is 0 Å². The zero-order chi connectivity index (χ0) is 36.2. The van der Waals surface area contributed by atoms with Crippen LogP contribution in [0.25, 0.3) is 49.2 Å². The van der Waals surface area contributed by atoms with Crippen LogP contribution >= 0.6 is 0 Å². The lowest BCUT2D eigenvalue weighted by Crippen LogP contribution is -2.27. The van der Waals surface area contributed by atoms with E-state index in [4.69, 9.17) is 18.9 Å². The number of methoxy groups -OCH3 is 1. The maximum Gasteiger partial charge on any atom is 0.333 e. The van der Waals surface area contributed by atoms with Gasteiger partial charge in [-0.25, -0.2) is 9.59 Å². The van der Waals surface area contributed by atoms with Gasteiger partial charge in [-0.15, -0.1) is 0 Å². The van der Waals surface area contributed by atoms with Crippen molar-refractivity contribution in [3.05, 3.63) is 114 Å². The van der Waals surface area contributed by atoms with Gasteiger partial charge in [0.05, 0.1) is 6.61 Å². The van der Waals surface area contributed by atoms with E-state index in [-0.39, 0.29) is 36.9 Å². The Labute approximate surface area is 297 Å². The molecule has 0 fully saturated rings. The summed E-state index contributed by atoms with van der Waals surface area (Å²) in [6, 6.07) is 23.1. The van der Waals surface area contributed by atoms with Gasteiger partial charge in [-0.3, -0.25) is 0 Å². The van der Waals surface area contributed by atoms with E-state index in [0.29, 0.717) is 6.61 Å². The van der Waals surface area contributed by atoms with Crippen LogP contribution in [0.3, 0.4) is 0 Å². The quantitative estimate of drug-likeness (QED) is 0.0525. The zero-order valence-electron chi connectivity index (χ0n) is 29.3. The van der Waals surface area contributed by atoms with Crippen LogP contribution in [-0.4, -0.2) is 67.9 Å². The molecule has 0 spiro atoms. The molecular formula is C43H44O8. The second-order valence-corrected chi connectivity index (χ2v) is 13.3. The van der Waals surface area contributed by atoms with Crippen molar-refractivity contribution in [2.24, 2.45) is 0 Å². The fourth-order valence-corrected chi connectivity index (χ4v) is 7.17. The first-order chi connectivity index (χ1) is 24.6. The molecule has 0 bridgehead atoms. The Morgan fingerprint density at radius 2 is 1.39 bits per heavy atom. The molecule has 0 aliphatic heterocycles. The molecule has 8 nitrogen and oxygen atoms in total. The van der Waals surface area contributed by atoms with Crippen molar-refractivity contribution in [3.63, 3.8) is 0 Å². The lowest BCUT2D eigenvalue weighted by Gasteiger charge is -2.28. The predicted octanol–water partition coefficient (Wildman–Crippen LogP) is 7.85. The molecule has 5 aromatic rings. The van der Waals surface area contributed by atoms with Crippen LogP contribution in [0.1, 0.15) is 55.4 Å². The summed E-state index contributed by atoms with van der Waals surface area (Å²) in [7, 11) is 1.54. The summed E-state index contributed by atoms with van der Waals surface area (Å²) in [6.07, 6.45) is 3.31. The van der Waals surface area contributed by atoms with Crippen molar-refractivity contribution in [2.75, 3.05) is 33.5 Å². The Bertz CT molecular complexity index is 2180. The van der Waals surface area contributed by atoms with Gasteiger partial charge in [-0.1, -0.05) is 86.0 Å². The summed E-state index contributed by atoms with van der Waals surface area (Å²) in [4.78, 5) is 23.7. The maximum absolute atomic E-state index is 12.0. The number of esters is 2. The fraction of sp³-hybridized carbons (Fsp3) is 0.302. The Morgan fingerprint density at radius 1 is 0.784 bits per heavy atom. The van der Waals surface area contributed by atoms with Gasteiger partial charge in [-0.2, -0.15) is 0 Å². The van der Waals surface area contributed by atoms with Crippen LogP contribution in [0.4, 0.5) is 0 Å². The first-order valence-electron chi connectivity index (χ1n) is 17.2. The summed E-state index contributed by atoms with van der Waals surface area (Å²) < 4.78 is 22.0. The molecule has 0 radical (unpaired) electrons. The highest BCUT2D eigenvalue weighted by Crippen LogP contribution is 2.48. The first kappa shape index (κ1) is 35.9. The number of aliphatic hydroxyl groups excluding tert-OH is 2. The second kappa shape index (κ2) is 15.6. The van der Waals surface area contributed by atoms with E-state index in [1.165, 1.54) is 29.0 Å². The standard InChI is InChI=1S/C43H44O8/c1-25(2)42(46)50-23-29(44)22-49-20-19-27-11-10-16-32-30-12-6-8-14-33(30)39-35-18-17-28(41(48-5)37(45)24-51-43(47)26(3)4)21-36(35)31-13-7-9-15-34(31)40(39)38(27)32/h6-10,12-18,21,27,29,37,41,44-45H,1,3,11,19-20,22-24H2,2,4-5H3. The van der Waals surface area contributed by atoms with Crippen LogP contribution in [0.2, 0.25) is 0 Å². The third-order valence-corrected chi connectivity index (χ3v) is 9.55. The van der Waals surface area contributed by atoms with Gasteiger partial charge in [-0.05, 0) is 98.5 Å². The SMILES string of the molecule is C=C(C)C(=O)OCC(O)COCCC1CC=Cc2c1c1c3ccccc3c3cc(C(OC)C(O)COC(=O)C(=C)C)ccc3c1c1ccccc21. The average molecular weight is 689 g/mol. The lowest BCUT2D eigenvalue weighted by molar-refractivity contribution is -0.145. The molecule has 0 saturated heterocycles. The molecule has 0 amide bonds. The number of carbonyl (C=O) groups is 2. The number of allylic oxidation sites excluding steroid dienone is 1. The molecule has 0 heterocycles. The Balaban J connectivity index is 1.41. The fourth-order valence-electron chi connectivity index (χ4n) is 7.17. The molecule has 4 unspecified atom stereocenters. The highest BCUT2D eigenvalue weighted by atomic mass is 16.6. The summed E-state index contributed by atoms with van der Waals surface area (Å²) in [5.41, 5.74) is 3.79. The topological polar surface area (TPSA) is 112 Å². The first-order valence-corrected chi connectivity index (χ1v) is 17.2. The van der Waals surface area contributed by atoms with Crippen LogP contribution in [0.5, 0.6) is 0 Å².